The number of carboxylic acids is 1. The van der Waals surface area contributed by atoms with Gasteiger partial charge in [-0.05, 0) is 66.3 Å². The van der Waals surface area contributed by atoms with E-state index in [4.69, 9.17) is 5.11 Å². The van der Waals surface area contributed by atoms with Gasteiger partial charge in [0, 0.05) is 23.0 Å². The second kappa shape index (κ2) is 12.8. The molecule has 216 valence electrons. The molecule has 3 N–H and O–H groups in total. The van der Waals surface area contributed by atoms with Gasteiger partial charge in [0.1, 0.15) is 0 Å². The number of anilines is 2. The highest BCUT2D eigenvalue weighted by Crippen LogP contribution is 2.33. The van der Waals surface area contributed by atoms with Crippen molar-refractivity contribution in [2.24, 2.45) is 0 Å². The lowest BCUT2D eigenvalue weighted by Gasteiger charge is -2.26. The van der Waals surface area contributed by atoms with Crippen LogP contribution in [0.2, 0.25) is 0 Å². The summed E-state index contributed by atoms with van der Waals surface area (Å²) in [5, 5.41) is 13.0. The molecule has 3 amide bonds. The SMILES string of the molecule is O=C(NCC(F)(F)C(=O)O)c1ccc(CN(C(=O)Nc2ccc(F)c(F)c2)c2ccc(C3CCCCC3)cc2)cc1. The molecule has 0 aliphatic heterocycles. The van der Waals surface area contributed by atoms with Gasteiger partial charge in [-0.1, -0.05) is 43.5 Å². The highest BCUT2D eigenvalue weighted by molar-refractivity contribution is 6.01. The minimum atomic E-state index is -4.11. The van der Waals surface area contributed by atoms with Gasteiger partial charge in [-0.15, -0.1) is 0 Å². The number of hydrogen-bond donors (Lipinski definition) is 3. The number of halogens is 4. The maximum atomic E-state index is 13.7. The highest BCUT2D eigenvalue weighted by atomic mass is 19.3. The van der Waals surface area contributed by atoms with Gasteiger partial charge >= 0.3 is 17.9 Å². The molecule has 0 aromatic heterocycles. The van der Waals surface area contributed by atoms with Crippen LogP contribution in [0.15, 0.2) is 66.7 Å². The molecule has 1 fully saturated rings. The molecule has 0 heterocycles. The Bertz CT molecular complexity index is 1390. The molecule has 3 aromatic carbocycles. The van der Waals surface area contributed by atoms with Crippen LogP contribution in [0.25, 0.3) is 0 Å². The molecule has 0 saturated heterocycles. The fourth-order valence-corrected chi connectivity index (χ4v) is 4.72. The molecule has 3 aromatic rings. The minimum Gasteiger partial charge on any atom is -0.477 e. The first kappa shape index (κ1) is 29.6. The fraction of sp³-hybridized carbons (Fsp3) is 0.300. The van der Waals surface area contributed by atoms with Crippen molar-refractivity contribution in [2.45, 2.75) is 50.5 Å². The molecule has 0 unspecified atom stereocenters. The lowest BCUT2D eigenvalue weighted by molar-refractivity contribution is -0.163. The van der Waals surface area contributed by atoms with E-state index < -0.39 is 42.0 Å². The number of carbonyl (C=O) groups excluding carboxylic acids is 2. The summed E-state index contributed by atoms with van der Waals surface area (Å²) in [4.78, 5) is 37.5. The third-order valence-electron chi connectivity index (χ3n) is 7.04. The Labute approximate surface area is 234 Å². The molecule has 0 atom stereocenters. The van der Waals surface area contributed by atoms with Crippen LogP contribution in [0.3, 0.4) is 0 Å². The summed E-state index contributed by atoms with van der Waals surface area (Å²) in [7, 11) is 0. The van der Waals surface area contributed by atoms with Crippen molar-refractivity contribution in [2.75, 3.05) is 16.8 Å². The summed E-state index contributed by atoms with van der Waals surface area (Å²) in [6.07, 6.45) is 5.78. The van der Waals surface area contributed by atoms with Crippen molar-refractivity contribution in [3.8, 4) is 0 Å². The monoisotopic (exact) mass is 571 g/mol. The predicted molar refractivity (Wildman–Crippen MR) is 145 cm³/mol. The van der Waals surface area contributed by atoms with Crippen molar-refractivity contribution in [3.63, 3.8) is 0 Å². The number of carbonyl (C=O) groups is 3. The van der Waals surface area contributed by atoms with Crippen LogP contribution in [0, 0.1) is 11.6 Å². The Balaban J connectivity index is 1.52. The number of alkyl halides is 2. The lowest BCUT2D eigenvalue weighted by Crippen LogP contribution is -2.42. The van der Waals surface area contributed by atoms with Crippen LogP contribution >= 0.6 is 0 Å². The van der Waals surface area contributed by atoms with Crippen LogP contribution < -0.4 is 15.5 Å². The maximum Gasteiger partial charge on any atom is 0.376 e. The highest BCUT2D eigenvalue weighted by Gasteiger charge is 2.39. The maximum absolute atomic E-state index is 13.7. The van der Waals surface area contributed by atoms with Crippen LogP contribution in [-0.2, 0) is 11.3 Å². The van der Waals surface area contributed by atoms with Crippen molar-refractivity contribution in [1.82, 2.24) is 5.32 Å². The molecule has 0 spiro atoms. The van der Waals surface area contributed by atoms with Gasteiger partial charge in [-0.3, -0.25) is 9.69 Å². The van der Waals surface area contributed by atoms with Gasteiger partial charge in [0.05, 0.1) is 13.1 Å². The zero-order chi connectivity index (χ0) is 29.6. The number of carboxylic acid groups (broad SMARTS) is 1. The van der Waals surface area contributed by atoms with Crippen molar-refractivity contribution in [1.29, 1.82) is 0 Å². The van der Waals surface area contributed by atoms with Crippen molar-refractivity contribution >= 4 is 29.3 Å². The molecule has 1 aliphatic carbocycles. The van der Waals surface area contributed by atoms with Crippen LogP contribution in [0.1, 0.15) is 59.5 Å². The second-order valence-electron chi connectivity index (χ2n) is 9.96. The summed E-state index contributed by atoms with van der Waals surface area (Å²) in [6.45, 7) is -1.34. The standard InChI is InChI=1S/C30H29F4N3O4/c31-25-15-12-23(16-26(25)32)36-29(41)37(24-13-10-21(11-14-24)20-4-2-1-3-5-20)17-19-6-8-22(9-7-19)27(38)35-18-30(33,34)28(39)40/h6-16,20H,1-5,17-18H2,(H,35,38)(H,36,41)(H,39,40). The van der Waals surface area contributed by atoms with Crippen molar-refractivity contribution < 1.29 is 37.1 Å². The molecule has 0 radical (unpaired) electrons. The van der Waals surface area contributed by atoms with Crippen LogP contribution in [0.4, 0.5) is 33.7 Å². The smallest absolute Gasteiger partial charge is 0.376 e. The zero-order valence-electron chi connectivity index (χ0n) is 22.0. The first-order valence-corrected chi connectivity index (χ1v) is 13.2. The largest absolute Gasteiger partial charge is 0.477 e. The summed E-state index contributed by atoms with van der Waals surface area (Å²) in [6, 6.07) is 15.8. The average molecular weight is 572 g/mol. The normalized spacial score (nSPS) is 13.9. The summed E-state index contributed by atoms with van der Waals surface area (Å²) >= 11 is 0. The number of amides is 3. The Kier molecular flexibility index (Phi) is 9.26. The molecular formula is C30H29F4N3O4. The Hall–Kier alpha value is -4.41. The number of aliphatic carboxylic acids is 1. The van der Waals surface area contributed by atoms with Gasteiger partial charge in [-0.2, -0.15) is 8.78 Å². The van der Waals surface area contributed by atoms with E-state index in [1.54, 1.807) is 0 Å². The predicted octanol–water partition coefficient (Wildman–Crippen LogP) is 6.70. The van der Waals surface area contributed by atoms with E-state index in [1.807, 2.05) is 29.6 Å². The average Bonchev–Trinajstić information content (AvgIpc) is 2.97. The van der Waals surface area contributed by atoms with Gasteiger partial charge in [-0.25, -0.2) is 18.4 Å². The lowest BCUT2D eigenvalue weighted by atomic mass is 9.84. The van der Waals surface area contributed by atoms with E-state index in [1.165, 1.54) is 60.1 Å². The van der Waals surface area contributed by atoms with Crippen LogP contribution in [0.5, 0.6) is 0 Å². The Morgan fingerprint density at radius 3 is 2.15 bits per heavy atom. The van der Waals surface area contributed by atoms with E-state index >= 15 is 0 Å². The van der Waals surface area contributed by atoms with Gasteiger partial charge in [0.15, 0.2) is 11.6 Å². The van der Waals surface area contributed by atoms with E-state index in [0.29, 0.717) is 17.2 Å². The summed E-state index contributed by atoms with van der Waals surface area (Å²) in [5.74, 6) is -9.04. The number of urea groups is 1. The number of rotatable bonds is 9. The molecular weight excluding hydrogens is 542 g/mol. The summed E-state index contributed by atoms with van der Waals surface area (Å²) < 4.78 is 53.7. The van der Waals surface area contributed by atoms with Gasteiger partial charge in [0.2, 0.25) is 0 Å². The van der Waals surface area contributed by atoms with Crippen LogP contribution in [-0.4, -0.2) is 35.5 Å². The van der Waals surface area contributed by atoms with Gasteiger partial charge in [0.25, 0.3) is 5.91 Å². The van der Waals surface area contributed by atoms with E-state index in [2.05, 4.69) is 5.32 Å². The zero-order valence-corrected chi connectivity index (χ0v) is 22.0. The number of benzene rings is 3. The topological polar surface area (TPSA) is 98.7 Å². The molecule has 4 rings (SSSR count). The molecule has 1 aliphatic rings. The molecule has 41 heavy (non-hydrogen) atoms. The second-order valence-corrected chi connectivity index (χ2v) is 9.96. The van der Waals surface area contributed by atoms with E-state index in [9.17, 15) is 31.9 Å². The third kappa shape index (κ3) is 7.62. The molecule has 11 heteroatoms. The Morgan fingerprint density at radius 2 is 1.54 bits per heavy atom. The fourth-order valence-electron chi connectivity index (χ4n) is 4.72. The number of hydrogen-bond acceptors (Lipinski definition) is 3. The molecule has 7 nitrogen and oxygen atoms in total. The minimum absolute atomic E-state index is 0.0181. The van der Waals surface area contributed by atoms with E-state index in [-0.39, 0.29) is 17.8 Å². The summed E-state index contributed by atoms with van der Waals surface area (Å²) in [5.41, 5.74) is 2.38. The van der Waals surface area contributed by atoms with Crippen molar-refractivity contribution in [3.05, 3.63) is 95.1 Å². The third-order valence-corrected chi connectivity index (χ3v) is 7.04. The first-order valence-electron chi connectivity index (χ1n) is 13.2. The van der Waals surface area contributed by atoms with E-state index in [0.717, 1.165) is 25.0 Å². The quantitative estimate of drug-likeness (QED) is 0.249. The van der Waals surface area contributed by atoms with Gasteiger partial charge < -0.3 is 15.7 Å². The number of nitrogens with one attached hydrogen (secondary N) is 2. The molecule has 0 bridgehead atoms. The number of nitrogens with zero attached hydrogens (tertiary/aromatic N) is 1. The first-order chi connectivity index (χ1) is 19.5. The molecule has 1 saturated carbocycles. The Morgan fingerprint density at radius 1 is 0.878 bits per heavy atom.